The van der Waals surface area contributed by atoms with Gasteiger partial charge in [0.2, 0.25) is 5.78 Å². The molecule has 6 nitrogen and oxygen atoms in total. The lowest BCUT2D eigenvalue weighted by atomic mass is 9.84. The molecule has 1 aliphatic carbocycles. The summed E-state index contributed by atoms with van der Waals surface area (Å²) in [6.45, 7) is 0. The molecule has 1 aromatic carbocycles. The second-order valence-electron chi connectivity index (χ2n) is 4.43. The number of hydrogen-bond donors (Lipinski definition) is 1. The molecule has 6 heteroatoms. The number of benzene rings is 1. The molecule has 0 saturated carbocycles. The molecular formula is C15H9NO5. The smallest absolute Gasteiger partial charge is 0.338 e. The highest BCUT2D eigenvalue weighted by Crippen LogP contribution is 2.33. The summed E-state index contributed by atoms with van der Waals surface area (Å²) in [5.41, 5.74) is -0.311. The second-order valence-corrected chi connectivity index (χ2v) is 4.43. The van der Waals surface area contributed by atoms with Gasteiger partial charge in [0.25, 0.3) is 0 Å². The zero-order valence-electron chi connectivity index (χ0n) is 10.9. The summed E-state index contributed by atoms with van der Waals surface area (Å²) < 4.78 is 4.62. The predicted octanol–water partition coefficient (Wildman–Crippen LogP) is 1.35. The zero-order chi connectivity index (χ0) is 15.1. The fourth-order valence-corrected chi connectivity index (χ4v) is 2.36. The average molecular weight is 283 g/mol. The number of ketones is 2. The average Bonchev–Trinajstić information content (AvgIpc) is 2.51. The topological polar surface area (TPSA) is 93.6 Å². The van der Waals surface area contributed by atoms with Crippen molar-refractivity contribution < 1.29 is 24.2 Å². The number of fused-ring (bicyclic) bond motifs is 2. The molecule has 0 fully saturated rings. The van der Waals surface area contributed by atoms with Gasteiger partial charge in [-0.25, -0.2) is 4.79 Å². The van der Waals surface area contributed by atoms with Gasteiger partial charge in [0.1, 0.15) is 11.4 Å². The van der Waals surface area contributed by atoms with E-state index < -0.39 is 17.5 Å². The normalized spacial score (nSPS) is 12.6. The van der Waals surface area contributed by atoms with E-state index in [9.17, 15) is 19.5 Å². The van der Waals surface area contributed by atoms with Crippen LogP contribution < -0.4 is 0 Å². The fourth-order valence-electron chi connectivity index (χ4n) is 2.36. The van der Waals surface area contributed by atoms with Crippen molar-refractivity contribution in [2.45, 2.75) is 0 Å². The van der Waals surface area contributed by atoms with Gasteiger partial charge in [-0.3, -0.25) is 14.6 Å². The lowest BCUT2D eigenvalue weighted by molar-refractivity contribution is 0.0597. The van der Waals surface area contributed by atoms with Crippen LogP contribution in [0, 0.1) is 0 Å². The van der Waals surface area contributed by atoms with Crippen LogP contribution in [0.15, 0.2) is 30.5 Å². The first kappa shape index (κ1) is 13.0. The maximum absolute atomic E-state index is 12.5. The molecule has 21 heavy (non-hydrogen) atoms. The van der Waals surface area contributed by atoms with E-state index >= 15 is 0 Å². The van der Waals surface area contributed by atoms with Gasteiger partial charge in [0.05, 0.1) is 23.8 Å². The van der Waals surface area contributed by atoms with E-state index in [1.807, 2.05) is 0 Å². The zero-order valence-corrected chi connectivity index (χ0v) is 10.9. The standard InChI is InChI=1S/C15H9NO5/c1-21-15(20)8-5-6-16-12-11(8)13(18)7-3-2-4-9(17)10(7)14(12)19/h2-6,17H,1H3. The Kier molecular flexibility index (Phi) is 2.79. The minimum absolute atomic E-state index is 0.0187. The first-order chi connectivity index (χ1) is 10.1. The molecule has 0 bridgehead atoms. The number of phenolic OH excluding ortho intramolecular Hbond substituents is 1. The summed E-state index contributed by atoms with van der Waals surface area (Å²) in [5, 5.41) is 9.80. The van der Waals surface area contributed by atoms with E-state index in [0.717, 1.165) is 0 Å². The summed E-state index contributed by atoms with van der Waals surface area (Å²) in [4.78, 5) is 40.6. The Balaban J connectivity index is 2.33. The van der Waals surface area contributed by atoms with Gasteiger partial charge in [-0.05, 0) is 12.1 Å². The number of methoxy groups -OCH3 is 1. The Morgan fingerprint density at radius 1 is 1.14 bits per heavy atom. The van der Waals surface area contributed by atoms with Crippen molar-refractivity contribution in [2.75, 3.05) is 7.11 Å². The van der Waals surface area contributed by atoms with E-state index in [0.29, 0.717) is 0 Å². The van der Waals surface area contributed by atoms with Gasteiger partial charge in [0.15, 0.2) is 5.78 Å². The van der Waals surface area contributed by atoms with Crippen molar-refractivity contribution in [2.24, 2.45) is 0 Å². The predicted molar refractivity (Wildman–Crippen MR) is 70.5 cm³/mol. The number of rotatable bonds is 1. The first-order valence-electron chi connectivity index (χ1n) is 6.05. The number of carbonyl (C=O) groups excluding carboxylic acids is 3. The van der Waals surface area contributed by atoms with Crippen LogP contribution in [0.25, 0.3) is 0 Å². The highest BCUT2D eigenvalue weighted by Gasteiger charge is 2.36. The van der Waals surface area contributed by atoms with E-state index in [2.05, 4.69) is 9.72 Å². The molecule has 1 aliphatic rings. The first-order valence-corrected chi connectivity index (χ1v) is 6.05. The van der Waals surface area contributed by atoms with Crippen LogP contribution in [0.3, 0.4) is 0 Å². The van der Waals surface area contributed by atoms with Crippen molar-refractivity contribution in [3.05, 3.63) is 58.4 Å². The maximum atomic E-state index is 12.5. The number of carbonyl (C=O) groups is 3. The molecule has 3 rings (SSSR count). The van der Waals surface area contributed by atoms with Crippen LogP contribution in [-0.4, -0.2) is 34.7 Å². The van der Waals surface area contributed by atoms with Crippen LogP contribution in [-0.2, 0) is 4.74 Å². The van der Waals surface area contributed by atoms with Crippen LogP contribution >= 0.6 is 0 Å². The van der Waals surface area contributed by atoms with Crippen molar-refractivity contribution in [1.82, 2.24) is 4.98 Å². The third kappa shape index (κ3) is 1.73. The summed E-state index contributed by atoms with van der Waals surface area (Å²) >= 11 is 0. The largest absolute Gasteiger partial charge is 0.507 e. The summed E-state index contributed by atoms with van der Waals surface area (Å²) in [5.74, 6) is -2.15. The minimum atomic E-state index is -0.724. The van der Waals surface area contributed by atoms with Gasteiger partial charge in [-0.1, -0.05) is 12.1 Å². The number of pyridine rings is 1. The third-order valence-corrected chi connectivity index (χ3v) is 3.31. The van der Waals surface area contributed by atoms with Gasteiger partial charge < -0.3 is 9.84 Å². The Bertz CT molecular complexity index is 810. The van der Waals surface area contributed by atoms with E-state index in [-0.39, 0.29) is 33.7 Å². The number of aromatic nitrogens is 1. The Hall–Kier alpha value is -3.02. The fraction of sp³-hybridized carbons (Fsp3) is 0.0667. The number of phenols is 1. The highest BCUT2D eigenvalue weighted by atomic mass is 16.5. The van der Waals surface area contributed by atoms with Crippen molar-refractivity contribution in [1.29, 1.82) is 0 Å². The molecular weight excluding hydrogens is 274 g/mol. The number of hydrogen-bond acceptors (Lipinski definition) is 6. The lowest BCUT2D eigenvalue weighted by Gasteiger charge is -2.18. The number of ether oxygens (including phenoxy) is 1. The molecule has 0 radical (unpaired) electrons. The van der Waals surface area contributed by atoms with Crippen LogP contribution in [0.1, 0.15) is 42.3 Å². The third-order valence-electron chi connectivity index (χ3n) is 3.31. The van der Waals surface area contributed by atoms with Gasteiger partial charge >= 0.3 is 5.97 Å². The quantitative estimate of drug-likeness (QED) is 0.677. The monoisotopic (exact) mass is 283 g/mol. The number of nitrogens with zero attached hydrogens (tertiary/aromatic N) is 1. The molecule has 0 atom stereocenters. The SMILES string of the molecule is COC(=O)c1ccnc2c1C(=O)c1cccc(O)c1C2=O. The van der Waals surface area contributed by atoms with Crippen molar-refractivity contribution in [3.63, 3.8) is 0 Å². The Morgan fingerprint density at radius 2 is 1.90 bits per heavy atom. The Labute approximate surface area is 119 Å². The van der Waals surface area contributed by atoms with E-state index in [1.165, 1.54) is 37.6 Å². The molecule has 0 aliphatic heterocycles. The van der Waals surface area contributed by atoms with E-state index in [4.69, 9.17) is 0 Å². The summed E-state index contributed by atoms with van der Waals surface area (Å²) in [6.07, 6.45) is 1.25. The van der Waals surface area contributed by atoms with Crippen molar-refractivity contribution in [3.8, 4) is 5.75 Å². The van der Waals surface area contributed by atoms with Crippen LogP contribution in [0.4, 0.5) is 0 Å². The molecule has 1 aromatic heterocycles. The lowest BCUT2D eigenvalue weighted by Crippen LogP contribution is -2.25. The number of aromatic hydroxyl groups is 1. The Morgan fingerprint density at radius 3 is 2.62 bits per heavy atom. The molecule has 1 N–H and O–H groups in total. The molecule has 0 amide bonds. The van der Waals surface area contributed by atoms with Gasteiger partial charge in [0, 0.05) is 11.8 Å². The van der Waals surface area contributed by atoms with Gasteiger partial charge in [-0.2, -0.15) is 0 Å². The molecule has 0 saturated heterocycles. The molecule has 0 spiro atoms. The van der Waals surface area contributed by atoms with Crippen LogP contribution in [0.2, 0.25) is 0 Å². The second kappa shape index (κ2) is 4.52. The summed E-state index contributed by atoms with van der Waals surface area (Å²) in [7, 11) is 1.18. The molecule has 1 heterocycles. The van der Waals surface area contributed by atoms with Crippen molar-refractivity contribution >= 4 is 17.5 Å². The molecule has 0 unspecified atom stereocenters. The van der Waals surface area contributed by atoms with Crippen LogP contribution in [0.5, 0.6) is 5.75 Å². The van der Waals surface area contributed by atoms with Gasteiger partial charge in [-0.15, -0.1) is 0 Å². The molecule has 2 aromatic rings. The maximum Gasteiger partial charge on any atom is 0.338 e. The summed E-state index contributed by atoms with van der Waals surface area (Å²) in [6, 6.07) is 5.52. The minimum Gasteiger partial charge on any atom is -0.507 e. The number of esters is 1. The molecule has 104 valence electrons. The van der Waals surface area contributed by atoms with E-state index in [1.54, 1.807) is 0 Å². The highest BCUT2D eigenvalue weighted by molar-refractivity contribution is 6.30.